The van der Waals surface area contributed by atoms with E-state index in [2.05, 4.69) is 15.1 Å². The van der Waals surface area contributed by atoms with Crippen LogP contribution in [-0.2, 0) is 4.79 Å². The molecule has 0 atom stereocenters. The molecule has 2 aromatic heterocycles. The van der Waals surface area contributed by atoms with Crippen LogP contribution in [0.2, 0.25) is 10.0 Å². The lowest BCUT2D eigenvalue weighted by atomic mass is 10.1. The minimum absolute atomic E-state index is 0.0202. The summed E-state index contributed by atoms with van der Waals surface area (Å²) >= 11 is 12.2. The molecule has 33 heavy (non-hydrogen) atoms. The molecule has 4 rings (SSSR count). The zero-order valence-electron chi connectivity index (χ0n) is 18.1. The van der Waals surface area contributed by atoms with Crippen molar-refractivity contribution in [2.24, 2.45) is 0 Å². The molecule has 0 bridgehead atoms. The number of nitrogens with zero attached hydrogens (tertiary/aromatic N) is 5. The van der Waals surface area contributed by atoms with E-state index < -0.39 is 0 Å². The smallest absolute Gasteiger partial charge is 0.290 e. The van der Waals surface area contributed by atoms with Gasteiger partial charge in [-0.25, -0.2) is 0 Å². The third-order valence-electron chi connectivity index (χ3n) is 5.54. The van der Waals surface area contributed by atoms with Gasteiger partial charge in [-0.15, -0.1) is 10.2 Å². The molecule has 1 fully saturated rings. The summed E-state index contributed by atoms with van der Waals surface area (Å²) in [5.41, 5.74) is 1.43. The number of likely N-dealkylation sites (N-methyl/N-ethyl adjacent to an activating group) is 1. The van der Waals surface area contributed by atoms with Crippen LogP contribution in [0.5, 0.6) is 0 Å². The second-order valence-electron chi connectivity index (χ2n) is 7.57. The van der Waals surface area contributed by atoms with E-state index in [9.17, 15) is 9.59 Å². The number of rotatable bonds is 6. The number of carbonyl (C=O) groups is 2. The Morgan fingerprint density at radius 3 is 2.45 bits per heavy atom. The highest BCUT2D eigenvalue weighted by atomic mass is 35.5. The Labute approximate surface area is 201 Å². The van der Waals surface area contributed by atoms with Gasteiger partial charge in [0.2, 0.25) is 5.91 Å². The molecule has 0 N–H and O–H groups in total. The minimum Gasteiger partial charge on any atom is -0.459 e. The van der Waals surface area contributed by atoms with Crippen LogP contribution in [0.15, 0.2) is 53.1 Å². The average Bonchev–Trinajstić information content (AvgIpc) is 3.37. The van der Waals surface area contributed by atoms with Crippen molar-refractivity contribution in [3.63, 3.8) is 0 Å². The Hall–Kier alpha value is -3.10. The maximum absolute atomic E-state index is 12.8. The van der Waals surface area contributed by atoms with Crippen LogP contribution in [0.25, 0.3) is 11.3 Å². The van der Waals surface area contributed by atoms with Gasteiger partial charge in [0.05, 0.1) is 17.0 Å². The summed E-state index contributed by atoms with van der Waals surface area (Å²) in [4.78, 5) is 30.6. The van der Waals surface area contributed by atoms with Gasteiger partial charge in [-0.3, -0.25) is 9.59 Å². The lowest BCUT2D eigenvalue weighted by molar-refractivity contribution is -0.132. The predicted molar refractivity (Wildman–Crippen MR) is 127 cm³/mol. The SMILES string of the molecule is CCN(CC(=O)N1CCN(c2ccc(-c3ccc(Cl)cc3Cl)nn2)CC1)C(=O)c1ccco1. The molecule has 1 aliphatic heterocycles. The van der Waals surface area contributed by atoms with Crippen LogP contribution < -0.4 is 4.90 Å². The van der Waals surface area contributed by atoms with Crippen molar-refractivity contribution in [3.05, 3.63) is 64.5 Å². The van der Waals surface area contributed by atoms with Gasteiger partial charge in [0, 0.05) is 43.3 Å². The number of furan rings is 1. The molecule has 10 heteroatoms. The van der Waals surface area contributed by atoms with Crippen molar-refractivity contribution in [1.29, 1.82) is 0 Å². The number of anilines is 1. The maximum atomic E-state index is 12.8. The molecule has 0 radical (unpaired) electrons. The van der Waals surface area contributed by atoms with Crippen molar-refractivity contribution in [2.75, 3.05) is 44.2 Å². The lowest BCUT2D eigenvalue weighted by Gasteiger charge is -2.36. The van der Waals surface area contributed by atoms with Gasteiger partial charge < -0.3 is 19.1 Å². The Morgan fingerprint density at radius 2 is 1.85 bits per heavy atom. The second kappa shape index (κ2) is 10.2. The number of amides is 2. The molecule has 0 unspecified atom stereocenters. The quantitative estimate of drug-likeness (QED) is 0.524. The second-order valence-corrected chi connectivity index (χ2v) is 8.41. The molecule has 0 saturated carbocycles. The lowest BCUT2D eigenvalue weighted by Crippen LogP contribution is -2.52. The van der Waals surface area contributed by atoms with Gasteiger partial charge in [0.15, 0.2) is 11.6 Å². The van der Waals surface area contributed by atoms with Gasteiger partial charge in [-0.05, 0) is 49.4 Å². The predicted octanol–water partition coefficient (Wildman–Crippen LogP) is 3.85. The molecular formula is C23H23Cl2N5O3. The third-order valence-corrected chi connectivity index (χ3v) is 6.09. The van der Waals surface area contributed by atoms with Crippen LogP contribution in [0.1, 0.15) is 17.5 Å². The van der Waals surface area contributed by atoms with Crippen molar-refractivity contribution < 1.29 is 14.0 Å². The summed E-state index contributed by atoms with van der Waals surface area (Å²) in [6.07, 6.45) is 1.45. The van der Waals surface area contributed by atoms with E-state index in [-0.39, 0.29) is 24.1 Å². The summed E-state index contributed by atoms with van der Waals surface area (Å²) in [6, 6.07) is 12.3. The fourth-order valence-corrected chi connectivity index (χ4v) is 4.17. The number of halogens is 2. The summed E-state index contributed by atoms with van der Waals surface area (Å²) in [7, 11) is 0. The van der Waals surface area contributed by atoms with E-state index in [4.69, 9.17) is 27.6 Å². The van der Waals surface area contributed by atoms with Gasteiger partial charge >= 0.3 is 0 Å². The summed E-state index contributed by atoms with van der Waals surface area (Å²) in [6.45, 7) is 4.61. The molecule has 172 valence electrons. The van der Waals surface area contributed by atoms with Gasteiger partial charge in [-0.2, -0.15) is 0 Å². The standard InChI is InChI=1S/C23H23Cl2N5O3/c1-2-28(23(32)20-4-3-13-33-20)15-22(31)30-11-9-29(10-12-30)21-8-7-19(26-27-21)17-6-5-16(24)14-18(17)25/h3-8,13-14H,2,9-12,15H2,1H3. The summed E-state index contributed by atoms with van der Waals surface area (Å²) in [5.74, 6) is 0.594. The first-order valence-corrected chi connectivity index (χ1v) is 11.4. The Kier molecular flexibility index (Phi) is 7.15. The molecular weight excluding hydrogens is 465 g/mol. The molecule has 3 aromatic rings. The first kappa shape index (κ1) is 23.1. The molecule has 2 amide bonds. The Balaban J connectivity index is 1.33. The van der Waals surface area contributed by atoms with Crippen LogP contribution in [0, 0.1) is 0 Å². The monoisotopic (exact) mass is 487 g/mol. The number of piperazine rings is 1. The highest BCUT2D eigenvalue weighted by molar-refractivity contribution is 6.36. The fraction of sp³-hybridized carbons (Fsp3) is 0.304. The summed E-state index contributed by atoms with van der Waals surface area (Å²) < 4.78 is 5.17. The van der Waals surface area contributed by atoms with Crippen molar-refractivity contribution >= 4 is 40.8 Å². The van der Waals surface area contributed by atoms with E-state index in [0.717, 1.165) is 11.4 Å². The van der Waals surface area contributed by atoms with Gasteiger partial charge in [-0.1, -0.05) is 23.2 Å². The highest BCUT2D eigenvalue weighted by Crippen LogP contribution is 2.29. The van der Waals surface area contributed by atoms with Crippen LogP contribution >= 0.6 is 23.2 Å². The van der Waals surface area contributed by atoms with Gasteiger partial charge in [0.25, 0.3) is 5.91 Å². The average molecular weight is 488 g/mol. The number of carbonyl (C=O) groups excluding carboxylic acids is 2. The molecule has 1 aromatic carbocycles. The zero-order valence-corrected chi connectivity index (χ0v) is 19.6. The molecule has 1 aliphatic rings. The third kappa shape index (κ3) is 5.29. The molecule has 0 spiro atoms. The van der Waals surface area contributed by atoms with Crippen molar-refractivity contribution in [1.82, 2.24) is 20.0 Å². The van der Waals surface area contributed by atoms with E-state index in [0.29, 0.717) is 48.5 Å². The normalized spacial score (nSPS) is 13.8. The Bertz CT molecular complexity index is 1110. The van der Waals surface area contributed by atoms with E-state index >= 15 is 0 Å². The highest BCUT2D eigenvalue weighted by Gasteiger charge is 2.26. The number of hydrogen-bond acceptors (Lipinski definition) is 6. The van der Waals surface area contributed by atoms with E-state index in [1.165, 1.54) is 11.2 Å². The van der Waals surface area contributed by atoms with E-state index in [1.807, 2.05) is 25.1 Å². The first-order valence-electron chi connectivity index (χ1n) is 10.6. The number of hydrogen-bond donors (Lipinski definition) is 0. The van der Waals surface area contributed by atoms with Gasteiger partial charge in [0.1, 0.15) is 6.54 Å². The maximum Gasteiger partial charge on any atom is 0.290 e. The fourth-order valence-electron chi connectivity index (χ4n) is 3.67. The van der Waals surface area contributed by atoms with Crippen molar-refractivity contribution in [2.45, 2.75) is 6.92 Å². The topological polar surface area (TPSA) is 82.8 Å². The molecule has 0 aliphatic carbocycles. The van der Waals surface area contributed by atoms with Crippen molar-refractivity contribution in [3.8, 4) is 11.3 Å². The first-order chi connectivity index (χ1) is 16.0. The van der Waals surface area contributed by atoms with Crippen LogP contribution in [-0.4, -0.2) is 71.1 Å². The zero-order chi connectivity index (χ0) is 23.4. The van der Waals surface area contributed by atoms with Crippen LogP contribution in [0.3, 0.4) is 0 Å². The summed E-state index contributed by atoms with van der Waals surface area (Å²) in [5, 5.41) is 9.73. The van der Waals surface area contributed by atoms with Crippen LogP contribution in [0.4, 0.5) is 5.82 Å². The minimum atomic E-state index is -0.286. The number of benzene rings is 1. The molecule has 3 heterocycles. The molecule has 1 saturated heterocycles. The Morgan fingerprint density at radius 1 is 1.06 bits per heavy atom. The largest absolute Gasteiger partial charge is 0.459 e. The molecule has 8 nitrogen and oxygen atoms in total. The van der Waals surface area contributed by atoms with E-state index in [1.54, 1.807) is 29.2 Å². The number of aromatic nitrogens is 2.